The fourth-order valence-electron chi connectivity index (χ4n) is 3.37. The summed E-state index contributed by atoms with van der Waals surface area (Å²) in [7, 11) is -4.90. The molecule has 0 spiro atoms. The number of aryl methyl sites for hydroxylation is 2. The van der Waals surface area contributed by atoms with Gasteiger partial charge in [0.15, 0.2) is 15.1 Å². The number of hydrogen-bond acceptors (Lipinski definition) is 12. The third kappa shape index (κ3) is 5.95. The zero-order valence-electron chi connectivity index (χ0n) is 19.2. The maximum absolute atomic E-state index is 13.4. The number of benzene rings is 1. The van der Waals surface area contributed by atoms with Crippen LogP contribution in [0.1, 0.15) is 28.5 Å². The number of sulfone groups is 1. The van der Waals surface area contributed by atoms with E-state index in [0.29, 0.717) is 10.2 Å². The van der Waals surface area contributed by atoms with Gasteiger partial charge < -0.3 is 9.15 Å². The number of thiazole rings is 1. The molecule has 0 saturated heterocycles. The number of rotatable bonds is 10. The lowest BCUT2D eigenvalue weighted by Gasteiger charge is -2.11. The Balaban J connectivity index is 1.74. The van der Waals surface area contributed by atoms with E-state index in [4.69, 9.17) is 9.56 Å². The monoisotopic (exact) mass is 554 g/mol. The lowest BCUT2D eigenvalue weighted by molar-refractivity contribution is -0.140. The van der Waals surface area contributed by atoms with Crippen LogP contribution in [-0.4, -0.2) is 66.4 Å². The Morgan fingerprint density at radius 1 is 1.19 bits per heavy atom. The lowest BCUT2D eigenvalue weighted by atomic mass is 10.1. The number of methoxy groups -OCH3 is 1. The molecule has 1 atom stereocenters. The Hall–Kier alpha value is -3.21. The molecular formula is C20H22N6O7S3. The molecule has 192 valence electrons. The van der Waals surface area contributed by atoms with Crippen molar-refractivity contribution in [3.8, 4) is 11.1 Å². The largest absolute Gasteiger partial charge is 0.469 e. The van der Waals surface area contributed by atoms with Crippen molar-refractivity contribution >= 4 is 47.4 Å². The Bertz CT molecular complexity index is 1620. The van der Waals surface area contributed by atoms with Crippen LogP contribution >= 0.6 is 11.3 Å². The number of nitrogens with two attached hydrogens (primary N) is 1. The lowest BCUT2D eigenvalue weighted by Crippen LogP contribution is -2.21. The topological polar surface area (TPSA) is 190 Å². The van der Waals surface area contributed by atoms with Crippen LogP contribution in [0.3, 0.4) is 0 Å². The van der Waals surface area contributed by atoms with Gasteiger partial charge in [0.2, 0.25) is 21.8 Å². The molecule has 3 heterocycles. The number of hydrogen-bond donors (Lipinski definition) is 1. The molecule has 0 aliphatic carbocycles. The number of primary sulfonamides is 1. The molecule has 13 nitrogen and oxygen atoms in total. The molecule has 4 rings (SSSR count). The molecule has 0 radical (unpaired) electrons. The average molecular weight is 555 g/mol. The van der Waals surface area contributed by atoms with Gasteiger partial charge in [-0.05, 0) is 17.7 Å². The fourth-order valence-corrected chi connectivity index (χ4v) is 6.84. The van der Waals surface area contributed by atoms with Crippen molar-refractivity contribution < 1.29 is 30.8 Å². The summed E-state index contributed by atoms with van der Waals surface area (Å²) in [5.41, 5.74) is 2.32. The summed E-state index contributed by atoms with van der Waals surface area (Å²) in [4.78, 5) is 16.1. The normalized spacial score (nSPS) is 13.2. The zero-order valence-corrected chi connectivity index (χ0v) is 21.6. The first-order chi connectivity index (χ1) is 16.9. The minimum absolute atomic E-state index is 0.0906. The van der Waals surface area contributed by atoms with Gasteiger partial charge in [0, 0.05) is 25.2 Å². The van der Waals surface area contributed by atoms with Gasteiger partial charge in [-0.2, -0.15) is 5.10 Å². The molecule has 36 heavy (non-hydrogen) atoms. The van der Waals surface area contributed by atoms with Gasteiger partial charge in [0.1, 0.15) is 5.01 Å². The average Bonchev–Trinajstić information content (AvgIpc) is 3.55. The number of aromatic nitrogens is 5. The molecule has 0 aliphatic heterocycles. The molecule has 16 heteroatoms. The Labute approximate surface area is 210 Å². The minimum atomic E-state index is -4.08. The highest BCUT2D eigenvalue weighted by Crippen LogP contribution is 2.37. The molecule has 1 unspecified atom stereocenters. The summed E-state index contributed by atoms with van der Waals surface area (Å²) in [6.07, 6.45) is 3.00. The zero-order chi connectivity index (χ0) is 26.1. The van der Waals surface area contributed by atoms with E-state index >= 15 is 0 Å². The van der Waals surface area contributed by atoms with Crippen molar-refractivity contribution in [1.29, 1.82) is 0 Å². The predicted octanol–water partition coefficient (Wildman–Crippen LogP) is 0.978. The van der Waals surface area contributed by atoms with Crippen molar-refractivity contribution in [2.75, 3.05) is 18.6 Å². The molecule has 1 aromatic carbocycles. The van der Waals surface area contributed by atoms with E-state index < -0.39 is 42.6 Å². The number of sulfonamides is 1. The molecule has 0 bridgehead atoms. The second kappa shape index (κ2) is 10.0. The molecular weight excluding hydrogens is 532 g/mol. The van der Waals surface area contributed by atoms with Crippen LogP contribution in [0.2, 0.25) is 0 Å². The molecule has 3 aromatic heterocycles. The number of ether oxygens (including phenoxy) is 1. The van der Waals surface area contributed by atoms with Crippen LogP contribution in [0, 0.1) is 0 Å². The van der Waals surface area contributed by atoms with Crippen LogP contribution in [0.25, 0.3) is 21.3 Å². The molecule has 0 aliphatic rings. The highest BCUT2D eigenvalue weighted by Gasteiger charge is 2.37. The van der Waals surface area contributed by atoms with Gasteiger partial charge in [-0.3, -0.25) is 9.48 Å². The van der Waals surface area contributed by atoms with E-state index in [0.717, 1.165) is 29.6 Å². The van der Waals surface area contributed by atoms with Gasteiger partial charge in [-0.25, -0.2) is 27.0 Å². The number of carbonyl (C=O) groups is 1. The molecule has 0 saturated carbocycles. The highest BCUT2D eigenvalue weighted by molar-refractivity contribution is 7.92. The summed E-state index contributed by atoms with van der Waals surface area (Å²) in [5.74, 6) is -2.06. The van der Waals surface area contributed by atoms with Crippen molar-refractivity contribution in [1.82, 2.24) is 25.0 Å². The second-order valence-corrected chi connectivity index (χ2v) is 12.9. The Kier molecular flexibility index (Phi) is 7.21. The van der Waals surface area contributed by atoms with Crippen LogP contribution in [-0.2, 0) is 42.9 Å². The summed E-state index contributed by atoms with van der Waals surface area (Å²) >= 11 is 1.13. The Morgan fingerprint density at radius 3 is 2.64 bits per heavy atom. The van der Waals surface area contributed by atoms with Crippen LogP contribution < -0.4 is 5.14 Å². The summed E-state index contributed by atoms with van der Waals surface area (Å²) in [6.45, 7) is 0. The SMILES string of the molecule is COC(=O)CCS(=O)(=O)C(c1nnc(CCS(N)(=O)=O)o1)c1nc2ccc(-c3cnn(C)c3)cc2s1. The van der Waals surface area contributed by atoms with Gasteiger partial charge >= 0.3 is 5.97 Å². The minimum Gasteiger partial charge on any atom is -0.469 e. The standard InChI is InChI=1S/C20H22N6O7S3/c1-26-11-13(10-22-26)12-3-4-14-15(9-12)34-20(23-14)18(35(28,29)7-6-17(27)32-2)19-25-24-16(33-19)5-8-36(21,30)31/h3-4,9-11,18H,5-8H2,1-2H3,(H2,21,30,31). The second-order valence-electron chi connectivity index (χ2n) is 7.86. The molecule has 4 aromatic rings. The number of esters is 1. The summed E-state index contributed by atoms with van der Waals surface area (Å²) < 4.78 is 61.7. The van der Waals surface area contributed by atoms with Crippen molar-refractivity contribution in [3.05, 3.63) is 47.4 Å². The van der Waals surface area contributed by atoms with Gasteiger partial charge in [-0.1, -0.05) is 6.07 Å². The number of carbonyl (C=O) groups excluding carboxylic acids is 1. The van der Waals surface area contributed by atoms with Crippen molar-refractivity contribution in [3.63, 3.8) is 0 Å². The summed E-state index contributed by atoms with van der Waals surface area (Å²) in [6, 6.07) is 5.49. The van der Waals surface area contributed by atoms with E-state index in [1.165, 1.54) is 0 Å². The van der Waals surface area contributed by atoms with E-state index in [9.17, 15) is 21.6 Å². The summed E-state index contributed by atoms with van der Waals surface area (Å²) in [5, 5.41) is 15.5. The van der Waals surface area contributed by atoms with Crippen molar-refractivity contribution in [2.45, 2.75) is 18.1 Å². The maximum Gasteiger partial charge on any atom is 0.306 e. The highest BCUT2D eigenvalue weighted by atomic mass is 32.2. The van der Waals surface area contributed by atoms with Gasteiger partial charge in [0.25, 0.3) is 0 Å². The first-order valence-electron chi connectivity index (χ1n) is 10.5. The quantitative estimate of drug-likeness (QED) is 0.275. The third-order valence-electron chi connectivity index (χ3n) is 5.15. The predicted molar refractivity (Wildman–Crippen MR) is 130 cm³/mol. The fraction of sp³-hybridized carbons (Fsp3) is 0.350. The molecule has 0 amide bonds. The number of nitrogens with zero attached hydrogens (tertiary/aromatic N) is 5. The van der Waals surface area contributed by atoms with E-state index in [-0.39, 0.29) is 29.6 Å². The molecule has 2 N–H and O–H groups in total. The van der Waals surface area contributed by atoms with Crippen LogP contribution in [0.5, 0.6) is 0 Å². The molecule has 0 fully saturated rings. The Morgan fingerprint density at radius 2 is 1.97 bits per heavy atom. The van der Waals surface area contributed by atoms with E-state index in [1.54, 1.807) is 24.0 Å². The van der Waals surface area contributed by atoms with Crippen molar-refractivity contribution in [2.24, 2.45) is 12.2 Å². The van der Waals surface area contributed by atoms with E-state index in [2.05, 4.69) is 25.0 Å². The van der Waals surface area contributed by atoms with Gasteiger partial charge in [0.05, 0.1) is 41.4 Å². The third-order valence-corrected chi connectivity index (χ3v) is 9.07. The first-order valence-corrected chi connectivity index (χ1v) is 14.7. The number of fused-ring (bicyclic) bond motifs is 1. The van der Waals surface area contributed by atoms with Crippen LogP contribution in [0.15, 0.2) is 35.0 Å². The first kappa shape index (κ1) is 25.9. The van der Waals surface area contributed by atoms with E-state index in [1.807, 2.05) is 18.3 Å². The van der Waals surface area contributed by atoms with Gasteiger partial charge in [-0.15, -0.1) is 21.5 Å². The van der Waals surface area contributed by atoms with Crippen LogP contribution in [0.4, 0.5) is 0 Å². The smallest absolute Gasteiger partial charge is 0.306 e. The maximum atomic E-state index is 13.4.